The largest absolute Gasteiger partial charge is 0.296 e. The first kappa shape index (κ1) is 18.5. The number of sulfonamides is 1. The van der Waals surface area contributed by atoms with Crippen LogP contribution in [0.15, 0.2) is 47.1 Å². The van der Waals surface area contributed by atoms with E-state index < -0.39 is 15.9 Å². The highest BCUT2D eigenvalue weighted by Gasteiger charge is 2.22. The van der Waals surface area contributed by atoms with E-state index in [9.17, 15) is 13.2 Å². The molecule has 0 aliphatic carbocycles. The van der Waals surface area contributed by atoms with E-state index in [0.717, 1.165) is 0 Å². The summed E-state index contributed by atoms with van der Waals surface area (Å²) in [5, 5.41) is 10.3. The molecule has 0 saturated heterocycles. The summed E-state index contributed by atoms with van der Waals surface area (Å²) in [5.74, 6) is -0.563. The number of nitrogens with one attached hydrogen (secondary N) is 2. The molecule has 3 rings (SSSR count). The Hall–Kier alpha value is -2.27. The molecule has 0 aliphatic rings. The van der Waals surface area contributed by atoms with Crippen LogP contribution in [0.1, 0.15) is 10.4 Å². The molecule has 1 amide bonds. The van der Waals surface area contributed by atoms with E-state index in [1.807, 2.05) is 0 Å². The van der Waals surface area contributed by atoms with Crippen molar-refractivity contribution < 1.29 is 13.2 Å². The fraction of sp³-hybridized carbons (Fsp3) is 0. The highest BCUT2D eigenvalue weighted by molar-refractivity contribution is 7.94. The maximum atomic E-state index is 12.3. The first-order chi connectivity index (χ1) is 12.3. The van der Waals surface area contributed by atoms with E-state index in [-0.39, 0.29) is 25.7 Å². The summed E-state index contributed by atoms with van der Waals surface area (Å²) in [6.45, 7) is 0. The van der Waals surface area contributed by atoms with Crippen molar-refractivity contribution in [1.29, 1.82) is 0 Å². The molecule has 0 bridgehead atoms. The van der Waals surface area contributed by atoms with Gasteiger partial charge in [-0.15, -0.1) is 10.2 Å². The third-order valence-electron chi connectivity index (χ3n) is 2.95. The van der Waals surface area contributed by atoms with Crippen LogP contribution in [0.3, 0.4) is 0 Å². The molecule has 134 valence electrons. The first-order valence-corrected chi connectivity index (χ1v) is 9.93. The van der Waals surface area contributed by atoms with Crippen molar-refractivity contribution in [3.63, 3.8) is 0 Å². The third kappa shape index (κ3) is 4.28. The molecule has 0 aliphatic heterocycles. The number of rotatable bonds is 5. The quantitative estimate of drug-likeness (QED) is 0.601. The smallest absolute Gasteiger partial charge is 0.291 e. The van der Waals surface area contributed by atoms with Gasteiger partial charge in [-0.1, -0.05) is 34.5 Å². The average molecular weight is 430 g/mol. The highest BCUT2D eigenvalue weighted by atomic mass is 35.5. The summed E-state index contributed by atoms with van der Waals surface area (Å²) in [7, 11) is -3.95. The van der Waals surface area contributed by atoms with Crippen LogP contribution in [0.25, 0.3) is 0 Å². The molecule has 26 heavy (non-hydrogen) atoms. The Labute approximate surface area is 162 Å². The number of hydrogen-bond donors (Lipinski definition) is 2. The molecule has 2 aromatic heterocycles. The number of hydrogen-bond acceptors (Lipinski definition) is 7. The van der Waals surface area contributed by atoms with Gasteiger partial charge in [-0.3, -0.25) is 19.8 Å². The van der Waals surface area contributed by atoms with Crippen molar-refractivity contribution in [2.45, 2.75) is 4.34 Å². The molecule has 0 spiro atoms. The summed E-state index contributed by atoms with van der Waals surface area (Å²) in [6.07, 6.45) is 2.86. The standard InChI is InChI=1S/C14H9Cl2N5O3S2/c15-8-3-4-10(11(16)6-8)12(22)18-13-19-20-14(25-13)26(23,24)21-9-2-1-5-17-7-9/h1-7,21H,(H,18,19,22). The normalized spacial score (nSPS) is 11.2. The zero-order valence-corrected chi connectivity index (χ0v) is 15.8. The second-order valence-electron chi connectivity index (χ2n) is 4.80. The Morgan fingerprint density at radius 2 is 1.96 bits per heavy atom. The van der Waals surface area contributed by atoms with Crippen LogP contribution < -0.4 is 10.0 Å². The predicted octanol–water partition coefficient (Wildman–Crippen LogP) is 3.29. The molecule has 0 unspecified atom stereocenters. The Morgan fingerprint density at radius 3 is 2.65 bits per heavy atom. The summed E-state index contributed by atoms with van der Waals surface area (Å²) >= 11 is 12.5. The molecule has 8 nitrogen and oxygen atoms in total. The van der Waals surface area contributed by atoms with Crippen LogP contribution in [-0.2, 0) is 10.0 Å². The van der Waals surface area contributed by atoms with Gasteiger partial charge in [0.25, 0.3) is 20.3 Å². The maximum Gasteiger partial charge on any atom is 0.291 e. The van der Waals surface area contributed by atoms with E-state index in [1.54, 1.807) is 6.07 Å². The van der Waals surface area contributed by atoms with Crippen molar-refractivity contribution in [2.75, 3.05) is 10.0 Å². The number of benzene rings is 1. The number of nitrogens with zero attached hydrogens (tertiary/aromatic N) is 3. The minimum absolute atomic E-state index is 0.00702. The molecule has 0 atom stereocenters. The third-order valence-corrected chi connectivity index (χ3v) is 6.08. The second kappa shape index (κ2) is 7.54. The fourth-order valence-electron chi connectivity index (χ4n) is 1.83. The lowest BCUT2D eigenvalue weighted by Gasteiger charge is -2.04. The van der Waals surface area contributed by atoms with Crippen molar-refractivity contribution in [1.82, 2.24) is 15.2 Å². The van der Waals surface area contributed by atoms with Crippen molar-refractivity contribution >= 4 is 61.3 Å². The van der Waals surface area contributed by atoms with Crippen LogP contribution in [0.5, 0.6) is 0 Å². The van der Waals surface area contributed by atoms with Crippen LogP contribution in [0, 0.1) is 0 Å². The van der Waals surface area contributed by atoms with E-state index >= 15 is 0 Å². The van der Waals surface area contributed by atoms with E-state index in [4.69, 9.17) is 23.2 Å². The van der Waals surface area contributed by atoms with Gasteiger partial charge in [0.2, 0.25) is 5.13 Å². The lowest BCUT2D eigenvalue weighted by Crippen LogP contribution is -2.12. The molecule has 2 N–H and O–H groups in total. The molecule has 12 heteroatoms. The molecule has 0 saturated carbocycles. The Kier molecular flexibility index (Phi) is 5.37. The number of aromatic nitrogens is 3. The minimum Gasteiger partial charge on any atom is -0.296 e. The van der Waals surface area contributed by atoms with Crippen LogP contribution in [0.2, 0.25) is 10.0 Å². The minimum atomic E-state index is -3.95. The van der Waals surface area contributed by atoms with Gasteiger partial charge in [0, 0.05) is 11.2 Å². The van der Waals surface area contributed by atoms with Gasteiger partial charge in [-0.2, -0.15) is 8.42 Å². The zero-order chi connectivity index (χ0) is 18.7. The monoisotopic (exact) mass is 429 g/mol. The van der Waals surface area contributed by atoms with Gasteiger partial charge >= 0.3 is 0 Å². The van der Waals surface area contributed by atoms with Gasteiger partial charge in [0.15, 0.2) is 0 Å². The second-order valence-corrected chi connectivity index (χ2v) is 8.48. The van der Waals surface area contributed by atoms with Gasteiger partial charge in [-0.05, 0) is 30.3 Å². The van der Waals surface area contributed by atoms with Gasteiger partial charge in [0.1, 0.15) is 0 Å². The number of amides is 1. The number of carbonyl (C=O) groups is 1. The average Bonchev–Trinajstić information content (AvgIpc) is 3.04. The number of pyridine rings is 1. The molecular formula is C14H9Cl2N5O3S2. The Bertz CT molecular complexity index is 1060. The predicted molar refractivity (Wildman–Crippen MR) is 99.4 cm³/mol. The van der Waals surface area contributed by atoms with Crippen molar-refractivity contribution in [2.24, 2.45) is 0 Å². The molecule has 2 heterocycles. The van der Waals surface area contributed by atoms with Gasteiger partial charge < -0.3 is 0 Å². The van der Waals surface area contributed by atoms with Gasteiger partial charge in [0.05, 0.1) is 22.5 Å². The van der Waals surface area contributed by atoms with E-state index in [2.05, 4.69) is 25.2 Å². The summed E-state index contributed by atoms with van der Waals surface area (Å²) in [6, 6.07) is 7.50. The van der Waals surface area contributed by atoms with Crippen LogP contribution >= 0.6 is 34.5 Å². The van der Waals surface area contributed by atoms with E-state index in [0.29, 0.717) is 16.4 Å². The molecule has 1 aromatic carbocycles. The lowest BCUT2D eigenvalue weighted by molar-refractivity contribution is 0.102. The first-order valence-electron chi connectivity index (χ1n) is 6.88. The summed E-state index contributed by atoms with van der Waals surface area (Å²) in [5.41, 5.74) is 0.449. The molecule has 3 aromatic rings. The topological polar surface area (TPSA) is 114 Å². The zero-order valence-electron chi connectivity index (χ0n) is 12.7. The molecule has 0 fully saturated rings. The van der Waals surface area contributed by atoms with E-state index in [1.165, 1.54) is 36.7 Å². The highest BCUT2D eigenvalue weighted by Crippen LogP contribution is 2.25. The molecule has 0 radical (unpaired) electrons. The Morgan fingerprint density at radius 1 is 1.15 bits per heavy atom. The van der Waals surface area contributed by atoms with Gasteiger partial charge in [-0.25, -0.2) is 0 Å². The number of anilines is 2. The SMILES string of the molecule is O=C(Nc1nnc(S(=O)(=O)Nc2cccnc2)s1)c1ccc(Cl)cc1Cl. The summed E-state index contributed by atoms with van der Waals surface area (Å²) in [4.78, 5) is 16.0. The number of halogens is 2. The van der Waals surface area contributed by atoms with Crippen LogP contribution in [0.4, 0.5) is 10.8 Å². The van der Waals surface area contributed by atoms with Crippen molar-refractivity contribution in [3.8, 4) is 0 Å². The van der Waals surface area contributed by atoms with Crippen LogP contribution in [-0.4, -0.2) is 29.5 Å². The maximum absolute atomic E-state index is 12.3. The fourth-order valence-corrected chi connectivity index (χ4v) is 4.26. The lowest BCUT2D eigenvalue weighted by atomic mass is 10.2. The van der Waals surface area contributed by atoms with Crippen molar-refractivity contribution in [3.05, 3.63) is 58.3 Å². The number of carbonyl (C=O) groups excluding carboxylic acids is 1. The Balaban J connectivity index is 1.76. The summed E-state index contributed by atoms with van der Waals surface area (Å²) < 4.78 is 26.6. The molecular weight excluding hydrogens is 421 g/mol.